The molecular formula is C14H16N2O3. The van der Waals surface area contributed by atoms with E-state index < -0.39 is 11.4 Å². The molecule has 0 radical (unpaired) electrons. The number of hydroxylamine groups is 1. The van der Waals surface area contributed by atoms with Crippen LogP contribution in [0.15, 0.2) is 30.3 Å². The molecule has 0 unspecified atom stereocenters. The van der Waals surface area contributed by atoms with Gasteiger partial charge in [0.2, 0.25) is 0 Å². The Bertz CT molecular complexity index is 537. The maximum Gasteiger partial charge on any atom is 0.275 e. The van der Waals surface area contributed by atoms with E-state index in [1.807, 2.05) is 18.2 Å². The van der Waals surface area contributed by atoms with Crippen LogP contribution in [-0.2, 0) is 20.8 Å². The molecule has 0 spiro atoms. The molecule has 0 fully saturated rings. The summed E-state index contributed by atoms with van der Waals surface area (Å²) >= 11 is 0. The number of nitrogens with zero attached hydrogens (tertiary/aromatic N) is 1. The Morgan fingerprint density at radius 2 is 2.26 bits per heavy atom. The van der Waals surface area contributed by atoms with Gasteiger partial charge in [0.15, 0.2) is 0 Å². The van der Waals surface area contributed by atoms with Gasteiger partial charge in [-0.1, -0.05) is 18.2 Å². The van der Waals surface area contributed by atoms with Crippen molar-refractivity contribution in [3.05, 3.63) is 35.9 Å². The fourth-order valence-electron chi connectivity index (χ4n) is 2.16. The van der Waals surface area contributed by atoms with E-state index in [0.29, 0.717) is 25.1 Å². The number of carbonyl (C=O) groups excluding carboxylic acids is 2. The van der Waals surface area contributed by atoms with Gasteiger partial charge in [0.1, 0.15) is 11.5 Å². The van der Waals surface area contributed by atoms with Crippen LogP contribution in [0, 0.1) is 0 Å². The molecule has 1 amide bonds. The highest BCUT2D eigenvalue weighted by Gasteiger charge is 2.40. The summed E-state index contributed by atoms with van der Waals surface area (Å²) in [6, 6.07) is 7.45. The SMILES string of the molecule is CCON1C(=O)[C@@](N)(C=C=O)CCc2ccccc21. The minimum Gasteiger partial charge on any atom is -0.313 e. The quantitative estimate of drug-likeness (QED) is 0.823. The van der Waals surface area contributed by atoms with Gasteiger partial charge in [0.25, 0.3) is 5.91 Å². The average molecular weight is 260 g/mol. The number of hydrogen-bond acceptors (Lipinski definition) is 4. The van der Waals surface area contributed by atoms with Crippen molar-refractivity contribution in [3.63, 3.8) is 0 Å². The van der Waals surface area contributed by atoms with Gasteiger partial charge in [0.05, 0.1) is 12.3 Å². The Labute approximate surface area is 111 Å². The van der Waals surface area contributed by atoms with Crippen LogP contribution in [0.2, 0.25) is 0 Å². The molecule has 0 bridgehead atoms. The number of fused-ring (bicyclic) bond motifs is 1. The topological polar surface area (TPSA) is 72.6 Å². The normalized spacial score (nSPS) is 22.4. The maximum absolute atomic E-state index is 12.5. The summed E-state index contributed by atoms with van der Waals surface area (Å²) in [5.74, 6) is 1.18. The van der Waals surface area contributed by atoms with Crippen LogP contribution in [0.3, 0.4) is 0 Å². The second-order valence-corrected chi connectivity index (χ2v) is 4.45. The molecule has 5 heteroatoms. The van der Waals surface area contributed by atoms with Gasteiger partial charge in [-0.2, -0.15) is 5.06 Å². The van der Waals surface area contributed by atoms with Gasteiger partial charge in [-0.05, 0) is 31.4 Å². The zero-order chi connectivity index (χ0) is 13.9. The van der Waals surface area contributed by atoms with E-state index in [1.165, 1.54) is 5.06 Å². The lowest BCUT2D eigenvalue weighted by Crippen LogP contribution is -2.53. The Morgan fingerprint density at radius 1 is 1.53 bits per heavy atom. The average Bonchev–Trinajstić information content (AvgIpc) is 2.51. The Balaban J connectivity index is 2.50. The third kappa shape index (κ3) is 2.44. The second kappa shape index (κ2) is 5.36. The lowest BCUT2D eigenvalue weighted by atomic mass is 9.93. The number of nitrogens with two attached hydrogens (primary N) is 1. The Kier molecular flexibility index (Phi) is 3.81. The van der Waals surface area contributed by atoms with E-state index in [-0.39, 0.29) is 0 Å². The minimum atomic E-state index is -1.37. The summed E-state index contributed by atoms with van der Waals surface area (Å²) in [6.07, 6.45) is 2.02. The van der Waals surface area contributed by atoms with Gasteiger partial charge in [-0.3, -0.25) is 9.63 Å². The molecule has 19 heavy (non-hydrogen) atoms. The van der Waals surface area contributed by atoms with Crippen molar-refractivity contribution in [3.8, 4) is 0 Å². The first-order chi connectivity index (χ1) is 9.12. The molecule has 1 aliphatic rings. The molecule has 100 valence electrons. The summed E-state index contributed by atoms with van der Waals surface area (Å²) in [4.78, 5) is 28.5. The fourth-order valence-corrected chi connectivity index (χ4v) is 2.16. The summed E-state index contributed by atoms with van der Waals surface area (Å²) in [5, 5.41) is 1.19. The molecule has 2 rings (SSSR count). The van der Waals surface area contributed by atoms with Crippen LogP contribution >= 0.6 is 0 Å². The second-order valence-electron chi connectivity index (χ2n) is 4.45. The Morgan fingerprint density at radius 3 is 2.95 bits per heavy atom. The molecule has 1 aliphatic heterocycles. The monoisotopic (exact) mass is 260 g/mol. The van der Waals surface area contributed by atoms with Crippen molar-refractivity contribution in [2.45, 2.75) is 25.3 Å². The van der Waals surface area contributed by atoms with Gasteiger partial charge in [0, 0.05) is 6.08 Å². The van der Waals surface area contributed by atoms with Crippen LogP contribution in [-0.4, -0.2) is 24.0 Å². The fraction of sp³-hybridized carbons (Fsp3) is 0.357. The van der Waals surface area contributed by atoms with Crippen molar-refractivity contribution < 1.29 is 14.4 Å². The van der Waals surface area contributed by atoms with E-state index in [2.05, 4.69) is 0 Å². The summed E-state index contributed by atoms with van der Waals surface area (Å²) in [5.41, 5.74) is 6.31. The van der Waals surface area contributed by atoms with Gasteiger partial charge in [-0.25, -0.2) is 4.79 Å². The minimum absolute atomic E-state index is 0.334. The molecule has 1 heterocycles. The van der Waals surface area contributed by atoms with E-state index in [4.69, 9.17) is 10.6 Å². The first-order valence-corrected chi connectivity index (χ1v) is 6.18. The third-order valence-corrected chi connectivity index (χ3v) is 3.18. The number of para-hydroxylation sites is 1. The lowest BCUT2D eigenvalue weighted by Gasteiger charge is -2.27. The van der Waals surface area contributed by atoms with Crippen molar-refractivity contribution in [1.29, 1.82) is 0 Å². The first kappa shape index (κ1) is 13.5. The number of anilines is 1. The van der Waals surface area contributed by atoms with E-state index >= 15 is 0 Å². The van der Waals surface area contributed by atoms with Crippen molar-refractivity contribution in [1.82, 2.24) is 0 Å². The molecular weight excluding hydrogens is 244 g/mol. The predicted octanol–water partition coefficient (Wildman–Crippen LogP) is 1.00. The molecule has 1 atom stereocenters. The maximum atomic E-state index is 12.5. The molecule has 0 aromatic heterocycles. The lowest BCUT2D eigenvalue weighted by molar-refractivity contribution is -0.129. The van der Waals surface area contributed by atoms with Crippen LogP contribution in [0.5, 0.6) is 0 Å². The molecule has 1 aromatic rings. The van der Waals surface area contributed by atoms with Crippen molar-refractivity contribution in [2.75, 3.05) is 11.7 Å². The zero-order valence-corrected chi connectivity index (χ0v) is 10.8. The van der Waals surface area contributed by atoms with Crippen LogP contribution in [0.4, 0.5) is 5.69 Å². The molecule has 1 aromatic carbocycles. The summed E-state index contributed by atoms with van der Waals surface area (Å²) in [7, 11) is 0. The number of carbonyl (C=O) groups is 1. The number of amides is 1. The smallest absolute Gasteiger partial charge is 0.275 e. The van der Waals surface area contributed by atoms with Crippen molar-refractivity contribution >= 4 is 17.5 Å². The van der Waals surface area contributed by atoms with E-state index in [0.717, 1.165) is 11.6 Å². The van der Waals surface area contributed by atoms with E-state index in [1.54, 1.807) is 18.9 Å². The Hall–Kier alpha value is -1.94. The standard InChI is InChI=1S/C14H16N2O3/c1-2-19-16-12-6-4-3-5-11(12)7-8-14(15,9-10-17)13(16)18/h3-6,9H,2,7-8,15H2,1H3/t14-/m0/s1. The molecule has 0 saturated heterocycles. The van der Waals surface area contributed by atoms with Crippen molar-refractivity contribution in [2.24, 2.45) is 5.73 Å². The third-order valence-electron chi connectivity index (χ3n) is 3.18. The van der Waals surface area contributed by atoms with Gasteiger partial charge < -0.3 is 5.73 Å². The molecule has 5 nitrogen and oxygen atoms in total. The van der Waals surface area contributed by atoms with Crippen LogP contribution in [0.1, 0.15) is 18.9 Å². The van der Waals surface area contributed by atoms with E-state index in [9.17, 15) is 9.59 Å². The highest BCUT2D eigenvalue weighted by Crippen LogP contribution is 2.30. The number of aryl methyl sites for hydroxylation is 1. The number of benzene rings is 1. The first-order valence-electron chi connectivity index (χ1n) is 6.18. The molecule has 0 aliphatic carbocycles. The summed E-state index contributed by atoms with van der Waals surface area (Å²) in [6.45, 7) is 2.12. The molecule has 0 saturated carbocycles. The largest absolute Gasteiger partial charge is 0.313 e. The van der Waals surface area contributed by atoms with Crippen LogP contribution < -0.4 is 10.8 Å². The number of hydrogen-bond donors (Lipinski definition) is 1. The highest BCUT2D eigenvalue weighted by atomic mass is 16.7. The van der Waals surface area contributed by atoms with Crippen LogP contribution in [0.25, 0.3) is 0 Å². The number of rotatable bonds is 3. The molecule has 2 N–H and O–H groups in total. The highest BCUT2D eigenvalue weighted by molar-refractivity contribution is 6.02. The predicted molar refractivity (Wildman–Crippen MR) is 71.1 cm³/mol. The van der Waals surface area contributed by atoms with Gasteiger partial charge >= 0.3 is 0 Å². The zero-order valence-electron chi connectivity index (χ0n) is 10.8. The van der Waals surface area contributed by atoms with Gasteiger partial charge in [-0.15, -0.1) is 0 Å². The summed E-state index contributed by atoms with van der Waals surface area (Å²) < 4.78 is 0.